The van der Waals surface area contributed by atoms with Gasteiger partial charge in [-0.15, -0.1) is 0 Å². The first-order valence-electron chi connectivity index (χ1n) is 6.79. The van der Waals surface area contributed by atoms with Crippen LogP contribution in [0.15, 0.2) is 0 Å². The fourth-order valence-corrected chi connectivity index (χ4v) is 2.28. The van der Waals surface area contributed by atoms with E-state index in [9.17, 15) is 19.5 Å². The molecule has 0 spiro atoms. The van der Waals surface area contributed by atoms with Crippen molar-refractivity contribution in [1.82, 2.24) is 10.2 Å². The highest BCUT2D eigenvalue weighted by Crippen LogP contribution is 2.19. The largest absolute Gasteiger partial charge is 0.480 e. The molecule has 120 valence electrons. The highest BCUT2D eigenvalue weighted by Gasteiger charge is 2.39. The summed E-state index contributed by atoms with van der Waals surface area (Å²) in [5, 5.41) is 11.9. The van der Waals surface area contributed by atoms with E-state index in [0.29, 0.717) is 6.61 Å². The first-order chi connectivity index (χ1) is 9.99. The van der Waals surface area contributed by atoms with Crippen molar-refractivity contribution in [2.24, 2.45) is 0 Å². The van der Waals surface area contributed by atoms with Crippen molar-refractivity contribution in [3.63, 3.8) is 0 Å². The van der Waals surface area contributed by atoms with Crippen LogP contribution in [0.3, 0.4) is 0 Å². The van der Waals surface area contributed by atoms with Crippen molar-refractivity contribution in [3.05, 3.63) is 0 Å². The number of carbonyl (C=O) groups is 3. The van der Waals surface area contributed by atoms with Gasteiger partial charge in [-0.25, -0.2) is 4.79 Å². The highest BCUT2D eigenvalue weighted by atomic mass is 16.5. The number of carboxylic acids is 1. The normalized spacial score (nSPS) is 21.3. The van der Waals surface area contributed by atoms with E-state index in [1.165, 1.54) is 19.1 Å². The zero-order valence-corrected chi connectivity index (χ0v) is 12.3. The predicted octanol–water partition coefficient (Wildman–Crippen LogP) is -0.770. The molecule has 1 fully saturated rings. The summed E-state index contributed by atoms with van der Waals surface area (Å²) in [5.74, 6) is -1.55. The summed E-state index contributed by atoms with van der Waals surface area (Å²) in [5.41, 5.74) is 0. The molecule has 8 nitrogen and oxygen atoms in total. The number of nitrogens with one attached hydrogen (secondary N) is 1. The van der Waals surface area contributed by atoms with E-state index in [2.05, 4.69) is 5.32 Å². The average Bonchev–Trinajstić information content (AvgIpc) is 2.86. The Hall–Kier alpha value is -1.67. The van der Waals surface area contributed by atoms with Crippen molar-refractivity contribution >= 4 is 17.8 Å². The van der Waals surface area contributed by atoms with E-state index < -0.39 is 12.0 Å². The molecule has 1 heterocycles. The van der Waals surface area contributed by atoms with E-state index in [-0.39, 0.29) is 50.3 Å². The van der Waals surface area contributed by atoms with E-state index in [4.69, 9.17) is 9.47 Å². The molecule has 21 heavy (non-hydrogen) atoms. The summed E-state index contributed by atoms with van der Waals surface area (Å²) in [4.78, 5) is 36.1. The standard InChI is InChI=1S/C13H22N2O6/c1-20-5-3-11(16)14-9-7-10(13(18)19)15(8-9)12(17)4-6-21-2/h9-10H,3-8H2,1-2H3,(H,14,16)(H,18,19)/t9-,10+/m0/s1. The third kappa shape index (κ3) is 5.31. The van der Waals surface area contributed by atoms with Crippen molar-refractivity contribution in [2.45, 2.75) is 31.3 Å². The van der Waals surface area contributed by atoms with Crippen LogP contribution in [-0.2, 0) is 23.9 Å². The molecule has 1 aliphatic heterocycles. The second-order valence-corrected chi connectivity index (χ2v) is 4.89. The Morgan fingerprint density at radius 3 is 2.38 bits per heavy atom. The van der Waals surface area contributed by atoms with Gasteiger partial charge in [0.2, 0.25) is 11.8 Å². The van der Waals surface area contributed by atoms with Gasteiger partial charge >= 0.3 is 5.97 Å². The zero-order valence-electron chi connectivity index (χ0n) is 12.3. The van der Waals surface area contributed by atoms with E-state index in [1.54, 1.807) is 0 Å². The van der Waals surface area contributed by atoms with Gasteiger partial charge in [0.1, 0.15) is 6.04 Å². The molecule has 0 bridgehead atoms. The number of carboxylic acid groups (broad SMARTS) is 1. The van der Waals surface area contributed by atoms with Crippen LogP contribution in [0.4, 0.5) is 0 Å². The number of ether oxygens (including phenoxy) is 2. The topological polar surface area (TPSA) is 105 Å². The molecule has 1 saturated heterocycles. The molecule has 0 aromatic carbocycles. The van der Waals surface area contributed by atoms with Crippen LogP contribution in [0.25, 0.3) is 0 Å². The molecule has 0 radical (unpaired) electrons. The Bertz CT molecular complexity index is 387. The molecule has 1 rings (SSSR count). The maximum atomic E-state index is 12.0. The Morgan fingerprint density at radius 1 is 1.19 bits per heavy atom. The quantitative estimate of drug-likeness (QED) is 0.610. The fraction of sp³-hybridized carbons (Fsp3) is 0.769. The lowest BCUT2D eigenvalue weighted by molar-refractivity contribution is -0.148. The van der Waals surface area contributed by atoms with Crippen LogP contribution >= 0.6 is 0 Å². The third-order valence-electron chi connectivity index (χ3n) is 3.32. The van der Waals surface area contributed by atoms with Crippen LogP contribution in [0.5, 0.6) is 0 Å². The highest BCUT2D eigenvalue weighted by molar-refractivity contribution is 5.85. The number of aliphatic carboxylic acids is 1. The molecule has 0 unspecified atom stereocenters. The second kappa shape index (κ2) is 8.58. The van der Waals surface area contributed by atoms with Crippen molar-refractivity contribution in [2.75, 3.05) is 34.0 Å². The fourth-order valence-electron chi connectivity index (χ4n) is 2.28. The maximum absolute atomic E-state index is 12.0. The Morgan fingerprint density at radius 2 is 1.81 bits per heavy atom. The van der Waals surface area contributed by atoms with Crippen LogP contribution in [0.1, 0.15) is 19.3 Å². The molecule has 1 aliphatic rings. The Labute approximate surface area is 123 Å². The van der Waals surface area contributed by atoms with Gasteiger partial charge in [0.25, 0.3) is 0 Å². The van der Waals surface area contributed by atoms with Crippen LogP contribution in [0.2, 0.25) is 0 Å². The van der Waals surface area contributed by atoms with Gasteiger partial charge in [-0.2, -0.15) is 0 Å². The molecule has 0 aromatic heterocycles. The average molecular weight is 302 g/mol. The minimum Gasteiger partial charge on any atom is -0.480 e. The van der Waals surface area contributed by atoms with Gasteiger partial charge in [0.15, 0.2) is 0 Å². The number of rotatable bonds is 8. The summed E-state index contributed by atoms with van der Waals surface area (Å²) in [6, 6.07) is -1.25. The van der Waals surface area contributed by atoms with Crippen molar-refractivity contribution in [3.8, 4) is 0 Å². The van der Waals surface area contributed by atoms with Gasteiger partial charge in [0.05, 0.1) is 19.6 Å². The molecule has 2 N–H and O–H groups in total. The van der Waals surface area contributed by atoms with E-state index in [1.807, 2.05) is 0 Å². The zero-order chi connectivity index (χ0) is 15.8. The molecule has 8 heteroatoms. The predicted molar refractivity (Wildman–Crippen MR) is 72.7 cm³/mol. The number of nitrogens with zero attached hydrogens (tertiary/aromatic N) is 1. The Balaban J connectivity index is 2.57. The van der Waals surface area contributed by atoms with Crippen LogP contribution < -0.4 is 5.32 Å². The summed E-state index contributed by atoms with van der Waals surface area (Å²) in [6.45, 7) is 0.752. The molecule has 0 aromatic rings. The summed E-state index contributed by atoms with van der Waals surface area (Å²) < 4.78 is 9.63. The summed E-state index contributed by atoms with van der Waals surface area (Å²) >= 11 is 0. The maximum Gasteiger partial charge on any atom is 0.326 e. The van der Waals surface area contributed by atoms with Gasteiger partial charge < -0.3 is 24.8 Å². The number of amides is 2. The van der Waals surface area contributed by atoms with Gasteiger partial charge in [-0.05, 0) is 0 Å². The van der Waals surface area contributed by atoms with Gasteiger partial charge in [-0.1, -0.05) is 0 Å². The van der Waals surface area contributed by atoms with Crippen LogP contribution in [0, 0.1) is 0 Å². The van der Waals surface area contributed by atoms with E-state index in [0.717, 1.165) is 0 Å². The second-order valence-electron chi connectivity index (χ2n) is 4.89. The van der Waals surface area contributed by atoms with Crippen molar-refractivity contribution in [1.29, 1.82) is 0 Å². The molecule has 2 amide bonds. The number of methoxy groups -OCH3 is 2. The smallest absolute Gasteiger partial charge is 0.326 e. The van der Waals surface area contributed by atoms with E-state index >= 15 is 0 Å². The van der Waals surface area contributed by atoms with Gasteiger partial charge in [-0.3, -0.25) is 9.59 Å². The Kier molecular flexibility index (Phi) is 7.10. The minimum atomic E-state index is -1.06. The minimum absolute atomic E-state index is 0.130. The monoisotopic (exact) mass is 302 g/mol. The SMILES string of the molecule is COCCC(=O)N[C@H]1C[C@H](C(=O)O)N(C(=O)CCOC)C1. The molecule has 2 atom stereocenters. The molecule has 0 saturated carbocycles. The van der Waals surface area contributed by atoms with Gasteiger partial charge in [0, 0.05) is 39.6 Å². The summed E-state index contributed by atoms with van der Waals surface area (Å²) in [6.07, 6.45) is 0.555. The molecular formula is C13H22N2O6. The molecule has 0 aliphatic carbocycles. The molecular weight excluding hydrogens is 280 g/mol. The van der Waals surface area contributed by atoms with Crippen LogP contribution in [-0.4, -0.2) is 73.9 Å². The number of carbonyl (C=O) groups excluding carboxylic acids is 2. The number of hydrogen-bond acceptors (Lipinski definition) is 5. The summed E-state index contributed by atoms with van der Waals surface area (Å²) in [7, 11) is 2.98. The first-order valence-corrected chi connectivity index (χ1v) is 6.79. The number of likely N-dealkylation sites (tertiary alicyclic amines) is 1. The first kappa shape index (κ1) is 17.4. The third-order valence-corrected chi connectivity index (χ3v) is 3.32. The lowest BCUT2D eigenvalue weighted by Gasteiger charge is -2.21. The number of hydrogen-bond donors (Lipinski definition) is 2. The van der Waals surface area contributed by atoms with Crippen molar-refractivity contribution < 1.29 is 29.0 Å². The lowest BCUT2D eigenvalue weighted by Crippen LogP contribution is -2.41. The lowest BCUT2D eigenvalue weighted by atomic mass is 10.1.